The molecule has 2 aromatic carbocycles. The van der Waals surface area contributed by atoms with Crippen LogP contribution in [-0.4, -0.2) is 28.7 Å². The second-order valence-corrected chi connectivity index (χ2v) is 7.21. The van der Waals surface area contributed by atoms with Crippen molar-refractivity contribution in [3.63, 3.8) is 0 Å². The summed E-state index contributed by atoms with van der Waals surface area (Å²) in [6.45, 7) is 2.34. The van der Waals surface area contributed by atoms with Crippen molar-refractivity contribution in [2.24, 2.45) is 0 Å². The summed E-state index contributed by atoms with van der Waals surface area (Å²) in [4.78, 5) is 12.1. The highest BCUT2D eigenvalue weighted by atomic mass is 32.2. The molecule has 0 fully saturated rings. The molecule has 3 aromatic rings. The second kappa shape index (κ2) is 8.31. The number of aryl methyl sites for hydroxylation is 1. The minimum absolute atomic E-state index is 0.0732. The van der Waals surface area contributed by atoms with E-state index >= 15 is 0 Å². The number of benzene rings is 2. The van der Waals surface area contributed by atoms with Crippen LogP contribution in [0.15, 0.2) is 59.6 Å². The average molecular weight is 393 g/mol. The van der Waals surface area contributed by atoms with Gasteiger partial charge in [0.05, 0.1) is 11.4 Å². The van der Waals surface area contributed by atoms with Crippen molar-refractivity contribution in [3.8, 4) is 22.8 Å². The molecule has 28 heavy (non-hydrogen) atoms. The predicted octanol–water partition coefficient (Wildman–Crippen LogP) is 4.17. The van der Waals surface area contributed by atoms with Gasteiger partial charge in [0.25, 0.3) is 0 Å². The van der Waals surface area contributed by atoms with Crippen molar-refractivity contribution in [2.45, 2.75) is 18.4 Å². The zero-order chi connectivity index (χ0) is 19.3. The van der Waals surface area contributed by atoms with Crippen LogP contribution in [-0.2, 0) is 11.2 Å². The topological polar surface area (TPSA) is 73.3 Å². The van der Waals surface area contributed by atoms with Crippen LogP contribution in [0, 0.1) is 0 Å². The van der Waals surface area contributed by atoms with Gasteiger partial charge in [0.15, 0.2) is 11.5 Å². The van der Waals surface area contributed by atoms with Crippen LogP contribution in [0.5, 0.6) is 11.5 Å². The number of anilines is 1. The number of hydrogen-bond acceptors (Lipinski definition) is 6. The summed E-state index contributed by atoms with van der Waals surface area (Å²) in [6, 6.07) is 17.3. The highest BCUT2D eigenvalue weighted by Crippen LogP contribution is 2.35. The van der Waals surface area contributed by atoms with Crippen molar-refractivity contribution in [3.05, 3.63) is 60.2 Å². The lowest BCUT2D eigenvalue weighted by Gasteiger charge is -2.06. The molecule has 0 radical (unpaired) electrons. The molecule has 1 amide bonds. The number of thioether (sulfide) groups is 1. The monoisotopic (exact) mass is 393 g/mol. The Labute approximate surface area is 167 Å². The second-order valence-electron chi connectivity index (χ2n) is 6.21. The fourth-order valence-electron chi connectivity index (χ4n) is 2.77. The zero-order valence-corrected chi connectivity index (χ0v) is 16.2. The van der Waals surface area contributed by atoms with Crippen LogP contribution in [0.2, 0.25) is 0 Å². The number of hydrogen-bond donors (Lipinski definition) is 1. The fourth-order valence-corrected chi connectivity index (χ4v) is 3.38. The zero-order valence-electron chi connectivity index (χ0n) is 15.3. The molecular formula is C21H19N3O3S. The molecule has 0 saturated heterocycles. The van der Waals surface area contributed by atoms with Crippen molar-refractivity contribution >= 4 is 23.4 Å². The van der Waals surface area contributed by atoms with Gasteiger partial charge in [-0.05, 0) is 54.4 Å². The Morgan fingerprint density at radius 3 is 2.61 bits per heavy atom. The number of aromatic nitrogens is 2. The Kier molecular flexibility index (Phi) is 5.43. The van der Waals surface area contributed by atoms with Gasteiger partial charge < -0.3 is 14.8 Å². The van der Waals surface area contributed by atoms with E-state index in [0.29, 0.717) is 10.8 Å². The third-order valence-corrected chi connectivity index (χ3v) is 5.23. The summed E-state index contributed by atoms with van der Waals surface area (Å²) >= 11 is 1.35. The SMILES string of the molecule is CCc1ccc(NC(=O)CSc2ccc(-c3ccc4c(c3)OCO4)nn2)cc1. The lowest BCUT2D eigenvalue weighted by atomic mass is 10.1. The molecule has 0 bridgehead atoms. The van der Waals surface area contributed by atoms with Gasteiger partial charge in [-0.2, -0.15) is 0 Å². The maximum Gasteiger partial charge on any atom is 0.234 e. The lowest BCUT2D eigenvalue weighted by Crippen LogP contribution is -2.14. The largest absolute Gasteiger partial charge is 0.454 e. The van der Waals surface area contributed by atoms with Crippen LogP contribution in [0.3, 0.4) is 0 Å². The van der Waals surface area contributed by atoms with E-state index in [9.17, 15) is 4.79 Å². The summed E-state index contributed by atoms with van der Waals surface area (Å²) in [5, 5.41) is 12.1. The van der Waals surface area contributed by atoms with E-state index in [4.69, 9.17) is 9.47 Å². The molecule has 1 N–H and O–H groups in total. The van der Waals surface area contributed by atoms with Gasteiger partial charge in [-0.25, -0.2) is 0 Å². The number of carbonyl (C=O) groups excluding carboxylic acids is 1. The molecule has 142 valence electrons. The van der Waals surface area contributed by atoms with E-state index in [1.165, 1.54) is 17.3 Å². The molecule has 1 aliphatic heterocycles. The number of fused-ring (bicyclic) bond motifs is 1. The first-order valence-corrected chi connectivity index (χ1v) is 9.95. The minimum atomic E-state index is -0.0732. The minimum Gasteiger partial charge on any atom is -0.454 e. The van der Waals surface area contributed by atoms with E-state index < -0.39 is 0 Å². The first-order chi connectivity index (χ1) is 13.7. The lowest BCUT2D eigenvalue weighted by molar-refractivity contribution is -0.113. The molecule has 6 nitrogen and oxygen atoms in total. The Morgan fingerprint density at radius 2 is 1.86 bits per heavy atom. The Morgan fingerprint density at radius 1 is 1.04 bits per heavy atom. The van der Waals surface area contributed by atoms with E-state index in [-0.39, 0.29) is 18.5 Å². The molecular weight excluding hydrogens is 374 g/mol. The van der Waals surface area contributed by atoms with Gasteiger partial charge >= 0.3 is 0 Å². The molecule has 0 unspecified atom stereocenters. The maximum absolute atomic E-state index is 12.1. The van der Waals surface area contributed by atoms with E-state index in [1.807, 2.05) is 54.6 Å². The number of nitrogens with zero attached hydrogens (tertiary/aromatic N) is 2. The van der Waals surface area contributed by atoms with Gasteiger partial charge in [0.2, 0.25) is 12.7 Å². The quantitative estimate of drug-likeness (QED) is 0.634. The number of amides is 1. The summed E-state index contributed by atoms with van der Waals surface area (Å²) in [6.07, 6.45) is 0.977. The fraction of sp³-hybridized carbons (Fsp3) is 0.190. The van der Waals surface area contributed by atoms with Crippen LogP contribution in [0.25, 0.3) is 11.3 Å². The van der Waals surface area contributed by atoms with Gasteiger partial charge in [-0.3, -0.25) is 4.79 Å². The van der Waals surface area contributed by atoms with Crippen molar-refractivity contribution < 1.29 is 14.3 Å². The highest BCUT2D eigenvalue weighted by Gasteiger charge is 2.14. The normalized spacial score (nSPS) is 12.0. The molecule has 0 atom stereocenters. The van der Waals surface area contributed by atoms with Gasteiger partial charge in [0, 0.05) is 11.3 Å². The van der Waals surface area contributed by atoms with Crippen LogP contribution in [0.4, 0.5) is 5.69 Å². The van der Waals surface area contributed by atoms with Gasteiger partial charge in [0.1, 0.15) is 5.03 Å². The standard InChI is InChI=1S/C21H19N3O3S/c1-2-14-3-6-16(7-4-14)22-20(25)12-28-21-10-8-17(23-24-21)15-5-9-18-19(11-15)27-13-26-18/h3-11H,2,12-13H2,1H3,(H,22,25). The van der Waals surface area contributed by atoms with Crippen LogP contribution >= 0.6 is 11.8 Å². The molecule has 1 aromatic heterocycles. The third kappa shape index (κ3) is 4.26. The summed E-state index contributed by atoms with van der Waals surface area (Å²) in [5.41, 5.74) is 3.68. The highest BCUT2D eigenvalue weighted by molar-refractivity contribution is 7.99. The van der Waals surface area contributed by atoms with Crippen molar-refractivity contribution in [1.29, 1.82) is 0 Å². The van der Waals surface area contributed by atoms with E-state index in [2.05, 4.69) is 22.4 Å². The molecule has 7 heteroatoms. The molecule has 0 aliphatic carbocycles. The summed E-state index contributed by atoms with van der Waals surface area (Å²) in [5.74, 6) is 1.64. The van der Waals surface area contributed by atoms with E-state index in [1.54, 1.807) is 0 Å². The number of rotatable bonds is 6. The maximum atomic E-state index is 12.1. The first kappa shape index (κ1) is 18.3. The van der Waals surface area contributed by atoms with Crippen LogP contribution in [0.1, 0.15) is 12.5 Å². The number of ether oxygens (including phenoxy) is 2. The molecule has 4 rings (SSSR count). The predicted molar refractivity (Wildman–Crippen MR) is 109 cm³/mol. The van der Waals surface area contributed by atoms with Crippen LogP contribution < -0.4 is 14.8 Å². The average Bonchev–Trinajstić information content (AvgIpc) is 3.21. The van der Waals surface area contributed by atoms with Crippen molar-refractivity contribution in [1.82, 2.24) is 10.2 Å². The summed E-state index contributed by atoms with van der Waals surface area (Å²) < 4.78 is 10.7. The Bertz CT molecular complexity index is 975. The molecule has 2 heterocycles. The third-order valence-electron chi connectivity index (χ3n) is 4.31. The molecule has 0 saturated carbocycles. The van der Waals surface area contributed by atoms with Gasteiger partial charge in [-0.15, -0.1) is 10.2 Å². The van der Waals surface area contributed by atoms with Crippen molar-refractivity contribution in [2.75, 3.05) is 17.9 Å². The Balaban J connectivity index is 1.33. The number of carbonyl (C=O) groups is 1. The van der Waals surface area contributed by atoms with E-state index in [0.717, 1.165) is 29.1 Å². The van der Waals surface area contributed by atoms with Gasteiger partial charge in [-0.1, -0.05) is 30.8 Å². The smallest absolute Gasteiger partial charge is 0.234 e. The Hall–Kier alpha value is -3.06. The first-order valence-electron chi connectivity index (χ1n) is 8.96. The summed E-state index contributed by atoms with van der Waals surface area (Å²) in [7, 11) is 0. The molecule has 1 aliphatic rings. The number of nitrogens with one attached hydrogen (secondary N) is 1. The molecule has 0 spiro atoms.